The van der Waals surface area contributed by atoms with Crippen LogP contribution < -0.4 is 0 Å². The molecular weight excluding hydrogens is 340 g/mol. The fraction of sp³-hybridized carbons (Fsp3) is 0.556. The largest absolute Gasteiger partial charge is 0.339 e. The molecule has 0 aliphatic carbocycles. The zero-order chi connectivity index (χ0) is 18.8. The Balaban J connectivity index is 1.92. The van der Waals surface area contributed by atoms with E-state index in [4.69, 9.17) is 0 Å². The average molecular weight is 366 g/mol. The lowest BCUT2D eigenvalue weighted by Crippen LogP contribution is -2.53. The van der Waals surface area contributed by atoms with Crippen LogP contribution in [0.3, 0.4) is 0 Å². The second-order valence-electron chi connectivity index (χ2n) is 7.52. The van der Waals surface area contributed by atoms with E-state index in [1.165, 1.54) is 12.1 Å². The lowest BCUT2D eigenvalue weighted by Gasteiger charge is -2.37. The molecule has 0 saturated carbocycles. The number of rotatable bonds is 3. The van der Waals surface area contributed by atoms with E-state index in [-0.39, 0.29) is 23.1 Å². The van der Waals surface area contributed by atoms with Crippen LogP contribution in [0, 0.1) is 5.41 Å². The Bertz CT molecular complexity index is 740. The zero-order valence-electron chi connectivity index (χ0n) is 15.3. The number of nitrogens with zero attached hydrogens (tertiary/aromatic N) is 2. The Kier molecular flexibility index (Phi) is 5.56. The Morgan fingerprint density at radius 1 is 0.960 bits per heavy atom. The highest BCUT2D eigenvalue weighted by Gasteiger charge is 2.30. The van der Waals surface area contributed by atoms with Gasteiger partial charge < -0.3 is 9.80 Å². The number of hydrogen-bond acceptors (Lipinski definition) is 4. The van der Waals surface area contributed by atoms with E-state index in [0.29, 0.717) is 26.2 Å². The third-order valence-electron chi connectivity index (χ3n) is 4.27. The van der Waals surface area contributed by atoms with Gasteiger partial charge in [0, 0.05) is 37.8 Å². The Labute approximate surface area is 149 Å². The first-order valence-corrected chi connectivity index (χ1v) is 10.2. The summed E-state index contributed by atoms with van der Waals surface area (Å²) in [6.45, 7) is 7.85. The van der Waals surface area contributed by atoms with Crippen molar-refractivity contribution in [3.8, 4) is 0 Å². The van der Waals surface area contributed by atoms with Crippen molar-refractivity contribution in [2.24, 2.45) is 5.41 Å². The smallest absolute Gasteiger partial charge is 0.228 e. The molecule has 6 nitrogen and oxygen atoms in total. The van der Waals surface area contributed by atoms with Crippen molar-refractivity contribution >= 4 is 21.7 Å². The van der Waals surface area contributed by atoms with Gasteiger partial charge in [-0.05, 0) is 17.7 Å². The summed E-state index contributed by atoms with van der Waals surface area (Å²) >= 11 is 0. The van der Waals surface area contributed by atoms with Crippen LogP contribution in [-0.2, 0) is 25.8 Å². The molecule has 25 heavy (non-hydrogen) atoms. The normalized spacial score (nSPS) is 16.0. The number of carbonyl (C=O) groups excluding carboxylic acids is 2. The molecule has 1 saturated heterocycles. The molecule has 1 aliphatic heterocycles. The molecule has 0 N–H and O–H groups in total. The average Bonchev–Trinajstić information content (AvgIpc) is 2.53. The van der Waals surface area contributed by atoms with Gasteiger partial charge in [-0.15, -0.1) is 0 Å². The highest BCUT2D eigenvalue weighted by molar-refractivity contribution is 7.90. The Morgan fingerprint density at radius 3 is 1.88 bits per heavy atom. The predicted molar refractivity (Wildman–Crippen MR) is 95.9 cm³/mol. The van der Waals surface area contributed by atoms with Crippen LogP contribution in [0.25, 0.3) is 0 Å². The topological polar surface area (TPSA) is 74.8 Å². The summed E-state index contributed by atoms with van der Waals surface area (Å²) in [5.74, 6) is 0.103. The Morgan fingerprint density at radius 2 is 1.44 bits per heavy atom. The van der Waals surface area contributed by atoms with E-state index in [0.717, 1.165) is 11.8 Å². The van der Waals surface area contributed by atoms with Gasteiger partial charge in [0.1, 0.15) is 0 Å². The molecule has 1 aliphatic rings. The summed E-state index contributed by atoms with van der Waals surface area (Å²) in [5, 5.41) is 0. The second kappa shape index (κ2) is 7.15. The van der Waals surface area contributed by atoms with Gasteiger partial charge in [-0.3, -0.25) is 9.59 Å². The number of benzene rings is 1. The SMILES string of the molecule is CC(C)(C)C(=O)N1CCN(C(=O)Cc2ccc(S(C)(=O)=O)cc2)CC1. The number of piperazine rings is 1. The lowest BCUT2D eigenvalue weighted by molar-refractivity contribution is -0.144. The van der Waals surface area contributed by atoms with Crippen molar-refractivity contribution in [3.63, 3.8) is 0 Å². The molecule has 1 aromatic carbocycles. The highest BCUT2D eigenvalue weighted by Crippen LogP contribution is 2.19. The highest BCUT2D eigenvalue weighted by atomic mass is 32.2. The number of carbonyl (C=O) groups is 2. The van der Waals surface area contributed by atoms with Crippen LogP contribution >= 0.6 is 0 Å². The second-order valence-corrected chi connectivity index (χ2v) is 9.53. The maximum Gasteiger partial charge on any atom is 0.228 e. The first kappa shape index (κ1) is 19.4. The predicted octanol–water partition coefficient (Wildman–Crippen LogP) is 1.35. The van der Waals surface area contributed by atoms with E-state index < -0.39 is 15.3 Å². The van der Waals surface area contributed by atoms with Crippen LogP contribution in [0.4, 0.5) is 0 Å². The minimum absolute atomic E-state index is 0.00466. The standard InChI is InChI=1S/C18H26N2O4S/c1-18(2,3)17(22)20-11-9-19(10-12-20)16(21)13-14-5-7-15(8-6-14)25(4,23)24/h5-8H,9-13H2,1-4H3. The fourth-order valence-electron chi connectivity index (χ4n) is 2.77. The maximum atomic E-state index is 12.4. The van der Waals surface area contributed by atoms with Crippen LogP contribution in [-0.4, -0.2) is 62.5 Å². The summed E-state index contributed by atoms with van der Waals surface area (Å²) in [4.78, 5) is 28.5. The first-order chi connectivity index (χ1) is 11.5. The molecule has 0 aromatic heterocycles. The fourth-order valence-corrected chi connectivity index (χ4v) is 3.40. The van der Waals surface area contributed by atoms with Gasteiger partial charge in [-0.2, -0.15) is 0 Å². The minimum atomic E-state index is -3.23. The van der Waals surface area contributed by atoms with Crippen molar-refractivity contribution in [1.82, 2.24) is 9.80 Å². The maximum absolute atomic E-state index is 12.4. The van der Waals surface area contributed by atoms with Crippen molar-refractivity contribution < 1.29 is 18.0 Å². The van der Waals surface area contributed by atoms with Gasteiger partial charge in [0.15, 0.2) is 9.84 Å². The summed E-state index contributed by atoms with van der Waals surface area (Å²) in [6.07, 6.45) is 1.39. The van der Waals surface area contributed by atoms with Crippen molar-refractivity contribution in [1.29, 1.82) is 0 Å². The van der Waals surface area contributed by atoms with Gasteiger partial charge in [0.25, 0.3) is 0 Å². The molecule has 0 unspecified atom stereocenters. The lowest BCUT2D eigenvalue weighted by atomic mass is 9.94. The van der Waals surface area contributed by atoms with Crippen molar-refractivity contribution in [2.75, 3.05) is 32.4 Å². The van der Waals surface area contributed by atoms with Crippen LogP contribution in [0.1, 0.15) is 26.3 Å². The number of hydrogen-bond donors (Lipinski definition) is 0. The molecule has 138 valence electrons. The number of sulfone groups is 1. The molecule has 0 bridgehead atoms. The van der Waals surface area contributed by atoms with E-state index in [9.17, 15) is 18.0 Å². The van der Waals surface area contributed by atoms with Crippen LogP contribution in [0.2, 0.25) is 0 Å². The quantitative estimate of drug-likeness (QED) is 0.809. The summed E-state index contributed by atoms with van der Waals surface area (Å²) in [6, 6.07) is 6.40. The summed E-state index contributed by atoms with van der Waals surface area (Å²) in [5.41, 5.74) is 0.374. The van der Waals surface area contributed by atoms with Gasteiger partial charge in [-0.1, -0.05) is 32.9 Å². The monoisotopic (exact) mass is 366 g/mol. The van der Waals surface area contributed by atoms with Gasteiger partial charge in [0.2, 0.25) is 11.8 Å². The molecule has 2 amide bonds. The van der Waals surface area contributed by atoms with Gasteiger partial charge in [-0.25, -0.2) is 8.42 Å². The van der Waals surface area contributed by atoms with E-state index in [1.54, 1.807) is 17.0 Å². The van der Waals surface area contributed by atoms with Gasteiger partial charge in [0.05, 0.1) is 11.3 Å². The Hall–Kier alpha value is -1.89. The molecule has 1 heterocycles. The third-order valence-corrected chi connectivity index (χ3v) is 5.40. The van der Waals surface area contributed by atoms with Crippen LogP contribution in [0.5, 0.6) is 0 Å². The molecule has 2 rings (SSSR count). The van der Waals surface area contributed by atoms with E-state index in [2.05, 4.69) is 0 Å². The number of amides is 2. The van der Waals surface area contributed by atoms with Crippen molar-refractivity contribution in [3.05, 3.63) is 29.8 Å². The molecule has 7 heteroatoms. The molecule has 1 fully saturated rings. The van der Waals surface area contributed by atoms with E-state index in [1.807, 2.05) is 25.7 Å². The molecule has 1 aromatic rings. The first-order valence-electron chi connectivity index (χ1n) is 8.34. The summed E-state index contributed by atoms with van der Waals surface area (Å²) < 4.78 is 22.9. The molecule has 0 radical (unpaired) electrons. The van der Waals surface area contributed by atoms with Crippen molar-refractivity contribution in [2.45, 2.75) is 32.1 Å². The molecule has 0 spiro atoms. The molecular formula is C18H26N2O4S. The zero-order valence-corrected chi connectivity index (χ0v) is 16.1. The van der Waals surface area contributed by atoms with Crippen LogP contribution in [0.15, 0.2) is 29.2 Å². The summed E-state index contributed by atoms with van der Waals surface area (Å²) in [7, 11) is -3.23. The van der Waals surface area contributed by atoms with E-state index >= 15 is 0 Å². The minimum Gasteiger partial charge on any atom is -0.339 e. The third kappa shape index (κ3) is 5.04. The molecule has 0 atom stereocenters. The van der Waals surface area contributed by atoms with Gasteiger partial charge >= 0.3 is 0 Å².